The van der Waals surface area contributed by atoms with Crippen molar-refractivity contribution >= 4 is 10.1 Å². The summed E-state index contributed by atoms with van der Waals surface area (Å²) in [4.78, 5) is 2.08. The van der Waals surface area contributed by atoms with Gasteiger partial charge in [0.15, 0.2) is 0 Å². The van der Waals surface area contributed by atoms with Crippen LogP contribution in [-0.4, -0.2) is 50.4 Å². The summed E-state index contributed by atoms with van der Waals surface area (Å²) in [5, 5.41) is 2.00. The highest BCUT2D eigenvalue weighted by molar-refractivity contribution is 7.86. The second-order valence-electron chi connectivity index (χ2n) is 3.88. The second kappa shape index (κ2) is 7.16. The maximum Gasteiger partial charge on any atom is 0.281 e. The first kappa shape index (κ1) is 14.8. The average Bonchev–Trinajstić information content (AvgIpc) is 2.08. The topological polar surface area (TPSA) is 69.6 Å². The number of unbranched alkanes of at least 4 members (excludes halogenated alkanes) is 1. The minimum atomic E-state index is -3.94. The van der Waals surface area contributed by atoms with Crippen LogP contribution < -0.4 is 5.32 Å². The highest BCUT2D eigenvalue weighted by Gasteiger charge is 2.19. The van der Waals surface area contributed by atoms with Gasteiger partial charge in [-0.25, -0.2) is 0 Å². The summed E-state index contributed by atoms with van der Waals surface area (Å²) >= 11 is 0. The molecule has 0 radical (unpaired) electrons. The van der Waals surface area contributed by atoms with E-state index in [2.05, 4.69) is 10.2 Å². The third-order valence-electron chi connectivity index (χ3n) is 2.13. The van der Waals surface area contributed by atoms with Gasteiger partial charge in [0.05, 0.1) is 0 Å². The Hall–Kier alpha value is -0.170. The van der Waals surface area contributed by atoms with Crippen molar-refractivity contribution < 1.29 is 13.0 Å². The smallest absolute Gasteiger partial charge is 0.281 e. The number of hydrogen-bond donors (Lipinski definition) is 2. The minimum absolute atomic E-state index is 0.381. The highest BCUT2D eigenvalue weighted by atomic mass is 32.2. The Bertz CT molecular complexity index is 252. The molecule has 0 aromatic rings. The fourth-order valence-electron chi connectivity index (χ4n) is 1.28. The maximum atomic E-state index is 10.8. The van der Waals surface area contributed by atoms with Gasteiger partial charge in [0.2, 0.25) is 0 Å². The van der Waals surface area contributed by atoms with Crippen LogP contribution in [0.1, 0.15) is 26.2 Å². The van der Waals surface area contributed by atoms with Crippen LogP contribution >= 0.6 is 0 Å². The van der Waals surface area contributed by atoms with Crippen LogP contribution in [0.15, 0.2) is 0 Å². The van der Waals surface area contributed by atoms with Gasteiger partial charge in [-0.2, -0.15) is 8.42 Å². The summed E-state index contributed by atoms with van der Waals surface area (Å²) in [5.41, 5.74) is 0. The number of nitrogens with one attached hydrogen (secondary N) is 1. The molecule has 0 aliphatic carbocycles. The molecule has 0 amide bonds. The van der Waals surface area contributed by atoms with Gasteiger partial charge in [0.1, 0.15) is 5.37 Å². The standard InChI is InChI=1S/C9H22N2O3S/c1-4-9(15(12,13)14)10-7-5-6-8-11(2)3/h9-10H,4-8H2,1-3H3,(H,12,13,14). The van der Waals surface area contributed by atoms with E-state index in [0.29, 0.717) is 13.0 Å². The van der Waals surface area contributed by atoms with Gasteiger partial charge in [-0.3, -0.25) is 9.87 Å². The lowest BCUT2D eigenvalue weighted by Crippen LogP contribution is -2.36. The van der Waals surface area contributed by atoms with Crippen LogP contribution in [0.25, 0.3) is 0 Å². The van der Waals surface area contributed by atoms with Gasteiger partial charge in [0.25, 0.3) is 10.1 Å². The summed E-state index contributed by atoms with van der Waals surface area (Å²) in [6.07, 6.45) is 2.30. The van der Waals surface area contributed by atoms with Crippen LogP contribution in [0.3, 0.4) is 0 Å². The summed E-state index contributed by atoms with van der Waals surface area (Å²) in [6, 6.07) is 0. The van der Waals surface area contributed by atoms with E-state index in [1.165, 1.54) is 0 Å². The SMILES string of the molecule is CCC(NCCCCN(C)C)S(=O)(=O)O. The molecule has 0 rings (SSSR count). The zero-order valence-corrected chi connectivity index (χ0v) is 10.5. The van der Waals surface area contributed by atoms with E-state index in [1.807, 2.05) is 14.1 Å². The predicted molar refractivity (Wildman–Crippen MR) is 61.4 cm³/mol. The first-order chi connectivity index (χ1) is 6.88. The molecule has 1 atom stereocenters. The van der Waals surface area contributed by atoms with Gasteiger partial charge in [-0.05, 0) is 46.4 Å². The van der Waals surface area contributed by atoms with Crippen molar-refractivity contribution in [1.29, 1.82) is 0 Å². The zero-order chi connectivity index (χ0) is 11.9. The first-order valence-corrected chi connectivity index (χ1v) is 6.72. The molecule has 0 aromatic carbocycles. The molecule has 92 valence electrons. The molecular formula is C9H22N2O3S. The van der Waals surface area contributed by atoms with E-state index in [0.717, 1.165) is 19.4 Å². The van der Waals surface area contributed by atoms with E-state index in [1.54, 1.807) is 6.92 Å². The van der Waals surface area contributed by atoms with Gasteiger partial charge in [0, 0.05) is 0 Å². The first-order valence-electron chi connectivity index (χ1n) is 5.22. The van der Waals surface area contributed by atoms with Crippen LogP contribution in [-0.2, 0) is 10.1 Å². The molecule has 0 bridgehead atoms. The van der Waals surface area contributed by atoms with E-state index in [9.17, 15) is 8.42 Å². The molecule has 0 spiro atoms. The Labute approximate surface area is 92.6 Å². The molecule has 0 fully saturated rings. The molecule has 0 aliphatic rings. The predicted octanol–water partition coefficient (Wildman–Crippen LogP) is 0.542. The normalized spacial score (nSPS) is 14.5. The van der Waals surface area contributed by atoms with Crippen LogP contribution in [0.4, 0.5) is 0 Å². The van der Waals surface area contributed by atoms with Gasteiger partial charge in [-0.15, -0.1) is 0 Å². The van der Waals surface area contributed by atoms with Gasteiger partial charge >= 0.3 is 0 Å². The third kappa shape index (κ3) is 7.72. The average molecular weight is 238 g/mol. The molecule has 5 nitrogen and oxygen atoms in total. The van der Waals surface area contributed by atoms with Crippen LogP contribution in [0.5, 0.6) is 0 Å². The number of nitrogens with zero attached hydrogens (tertiary/aromatic N) is 1. The maximum absolute atomic E-state index is 10.8. The van der Waals surface area contributed by atoms with Crippen LogP contribution in [0, 0.1) is 0 Å². The molecule has 2 N–H and O–H groups in total. The lowest BCUT2D eigenvalue weighted by atomic mass is 10.3. The number of rotatable bonds is 8. The second-order valence-corrected chi connectivity index (χ2v) is 5.48. The molecule has 0 aromatic heterocycles. The molecule has 0 saturated carbocycles. The molecule has 0 aliphatic heterocycles. The zero-order valence-electron chi connectivity index (χ0n) is 9.73. The highest BCUT2D eigenvalue weighted by Crippen LogP contribution is 2.00. The Morgan fingerprint density at radius 3 is 2.33 bits per heavy atom. The fourth-order valence-corrected chi connectivity index (χ4v) is 2.03. The van der Waals surface area contributed by atoms with Crippen molar-refractivity contribution in [2.45, 2.75) is 31.6 Å². The Morgan fingerprint density at radius 1 is 1.33 bits per heavy atom. The lowest BCUT2D eigenvalue weighted by molar-refractivity contribution is 0.388. The summed E-state index contributed by atoms with van der Waals surface area (Å²) in [7, 11) is 0.0609. The lowest BCUT2D eigenvalue weighted by Gasteiger charge is -2.14. The van der Waals surface area contributed by atoms with E-state index in [4.69, 9.17) is 4.55 Å². The molecule has 6 heteroatoms. The van der Waals surface area contributed by atoms with Crippen molar-refractivity contribution in [2.75, 3.05) is 27.2 Å². The van der Waals surface area contributed by atoms with Gasteiger partial charge < -0.3 is 4.90 Å². The third-order valence-corrected chi connectivity index (χ3v) is 3.35. The van der Waals surface area contributed by atoms with Crippen molar-refractivity contribution in [3.63, 3.8) is 0 Å². The van der Waals surface area contributed by atoms with Crippen molar-refractivity contribution in [2.24, 2.45) is 0 Å². The largest absolute Gasteiger partial charge is 0.309 e. The molecule has 15 heavy (non-hydrogen) atoms. The molecule has 0 saturated heterocycles. The van der Waals surface area contributed by atoms with E-state index >= 15 is 0 Å². The molecular weight excluding hydrogens is 216 g/mol. The Morgan fingerprint density at radius 2 is 1.93 bits per heavy atom. The van der Waals surface area contributed by atoms with Crippen molar-refractivity contribution in [3.05, 3.63) is 0 Å². The Balaban J connectivity index is 3.66. The monoisotopic (exact) mass is 238 g/mol. The fraction of sp³-hybridized carbons (Fsp3) is 1.00. The minimum Gasteiger partial charge on any atom is -0.309 e. The van der Waals surface area contributed by atoms with E-state index in [-0.39, 0.29) is 0 Å². The molecule has 1 unspecified atom stereocenters. The Kier molecular flexibility index (Phi) is 7.08. The summed E-state index contributed by atoms with van der Waals surface area (Å²) in [6.45, 7) is 3.34. The van der Waals surface area contributed by atoms with Crippen molar-refractivity contribution in [3.8, 4) is 0 Å². The summed E-state index contributed by atoms with van der Waals surface area (Å²) in [5.74, 6) is 0. The van der Waals surface area contributed by atoms with E-state index < -0.39 is 15.5 Å². The quantitative estimate of drug-likeness (QED) is 0.477. The summed E-state index contributed by atoms with van der Waals surface area (Å²) < 4.78 is 30.5. The van der Waals surface area contributed by atoms with Gasteiger partial charge in [-0.1, -0.05) is 6.92 Å². The van der Waals surface area contributed by atoms with Crippen molar-refractivity contribution in [1.82, 2.24) is 10.2 Å². The van der Waals surface area contributed by atoms with Crippen LogP contribution in [0.2, 0.25) is 0 Å². The molecule has 0 heterocycles. The number of hydrogen-bond acceptors (Lipinski definition) is 4.